The van der Waals surface area contributed by atoms with Crippen molar-refractivity contribution in [2.75, 3.05) is 0 Å². The zero-order valence-corrected chi connectivity index (χ0v) is 11.0. The first-order valence-electron chi connectivity index (χ1n) is 5.46. The van der Waals surface area contributed by atoms with Gasteiger partial charge in [0.05, 0.1) is 11.0 Å². The van der Waals surface area contributed by atoms with Gasteiger partial charge in [-0.1, -0.05) is 28.1 Å². The second kappa shape index (κ2) is 4.00. The smallest absolute Gasteiger partial charge is 0.111 e. The van der Waals surface area contributed by atoms with E-state index >= 15 is 0 Å². The molecule has 0 saturated heterocycles. The number of para-hydroxylation sites is 2. The molecule has 84 valence electrons. The van der Waals surface area contributed by atoms with Gasteiger partial charge in [0.1, 0.15) is 5.82 Å². The van der Waals surface area contributed by atoms with Gasteiger partial charge in [-0.3, -0.25) is 4.57 Å². The van der Waals surface area contributed by atoms with Gasteiger partial charge < -0.3 is 0 Å². The number of aromatic nitrogens is 2. The Morgan fingerprint density at radius 1 is 1.00 bits per heavy atom. The third-order valence-corrected chi connectivity index (χ3v) is 3.34. The molecule has 2 aromatic carbocycles. The van der Waals surface area contributed by atoms with Crippen LogP contribution in [0.5, 0.6) is 0 Å². The van der Waals surface area contributed by atoms with Crippen LogP contribution in [0.4, 0.5) is 0 Å². The van der Waals surface area contributed by atoms with Crippen molar-refractivity contribution in [3.63, 3.8) is 0 Å². The third-order valence-electron chi connectivity index (χ3n) is 2.81. The van der Waals surface area contributed by atoms with E-state index < -0.39 is 0 Å². The van der Waals surface area contributed by atoms with Gasteiger partial charge in [-0.05, 0) is 43.3 Å². The zero-order valence-electron chi connectivity index (χ0n) is 9.39. The lowest BCUT2D eigenvalue weighted by atomic mass is 10.3. The van der Waals surface area contributed by atoms with Crippen molar-refractivity contribution in [1.82, 2.24) is 9.55 Å². The fraction of sp³-hybridized carbons (Fsp3) is 0.0714. The van der Waals surface area contributed by atoms with Crippen LogP contribution < -0.4 is 0 Å². The molecule has 0 aliphatic heterocycles. The Labute approximate surface area is 108 Å². The summed E-state index contributed by atoms with van der Waals surface area (Å²) in [4.78, 5) is 4.56. The highest BCUT2D eigenvalue weighted by Gasteiger charge is 2.07. The molecule has 0 aliphatic rings. The molecular weight excluding hydrogens is 276 g/mol. The molecule has 0 atom stereocenters. The summed E-state index contributed by atoms with van der Waals surface area (Å²) in [5, 5.41) is 0. The predicted molar refractivity (Wildman–Crippen MR) is 73.5 cm³/mol. The molecule has 0 bridgehead atoms. The van der Waals surface area contributed by atoms with E-state index in [4.69, 9.17) is 0 Å². The summed E-state index contributed by atoms with van der Waals surface area (Å²) in [6.07, 6.45) is 0. The Balaban J connectivity index is 2.29. The zero-order chi connectivity index (χ0) is 11.8. The molecule has 3 heteroatoms. The summed E-state index contributed by atoms with van der Waals surface area (Å²) >= 11 is 3.45. The minimum absolute atomic E-state index is 1.01. The fourth-order valence-corrected chi connectivity index (χ4v) is 2.33. The summed E-state index contributed by atoms with van der Waals surface area (Å²) in [5.74, 6) is 1.01. The van der Waals surface area contributed by atoms with Gasteiger partial charge in [-0.15, -0.1) is 0 Å². The molecular formula is C14H11BrN2. The van der Waals surface area contributed by atoms with Crippen molar-refractivity contribution in [1.29, 1.82) is 0 Å². The number of fused-ring (bicyclic) bond motifs is 1. The Morgan fingerprint density at radius 2 is 1.71 bits per heavy atom. The van der Waals surface area contributed by atoms with Crippen molar-refractivity contribution in [3.05, 3.63) is 58.8 Å². The van der Waals surface area contributed by atoms with Crippen LogP contribution in [0.2, 0.25) is 0 Å². The van der Waals surface area contributed by atoms with Gasteiger partial charge in [0.25, 0.3) is 0 Å². The number of hydrogen-bond donors (Lipinski definition) is 0. The molecule has 0 radical (unpaired) electrons. The highest BCUT2D eigenvalue weighted by molar-refractivity contribution is 9.10. The van der Waals surface area contributed by atoms with Gasteiger partial charge in [0.2, 0.25) is 0 Å². The van der Waals surface area contributed by atoms with E-state index in [1.54, 1.807) is 0 Å². The number of benzene rings is 2. The quantitative estimate of drug-likeness (QED) is 0.659. The maximum atomic E-state index is 4.56. The topological polar surface area (TPSA) is 17.8 Å². The van der Waals surface area contributed by atoms with E-state index in [0.717, 1.165) is 27.0 Å². The second-order valence-electron chi connectivity index (χ2n) is 3.96. The maximum Gasteiger partial charge on any atom is 0.111 e. The molecule has 0 spiro atoms. The van der Waals surface area contributed by atoms with Crippen LogP contribution in [-0.4, -0.2) is 9.55 Å². The van der Waals surface area contributed by atoms with Crippen LogP contribution in [-0.2, 0) is 0 Å². The van der Waals surface area contributed by atoms with Gasteiger partial charge in [-0.2, -0.15) is 0 Å². The normalized spacial score (nSPS) is 10.9. The highest BCUT2D eigenvalue weighted by atomic mass is 79.9. The Kier molecular flexibility index (Phi) is 2.48. The molecule has 2 nitrogen and oxygen atoms in total. The summed E-state index contributed by atoms with van der Waals surface area (Å²) in [5.41, 5.74) is 3.32. The lowest BCUT2D eigenvalue weighted by molar-refractivity contribution is 1.00. The summed E-state index contributed by atoms with van der Waals surface area (Å²) < 4.78 is 3.25. The molecule has 17 heavy (non-hydrogen) atoms. The number of nitrogens with zero attached hydrogens (tertiary/aromatic N) is 2. The number of halogens is 1. The second-order valence-corrected chi connectivity index (χ2v) is 4.88. The van der Waals surface area contributed by atoms with E-state index in [9.17, 15) is 0 Å². The molecule has 0 saturated carbocycles. The first-order valence-corrected chi connectivity index (χ1v) is 6.25. The van der Waals surface area contributed by atoms with Gasteiger partial charge in [0, 0.05) is 10.2 Å². The molecule has 3 rings (SSSR count). The minimum atomic E-state index is 1.01. The lowest BCUT2D eigenvalue weighted by Gasteiger charge is -2.06. The van der Waals surface area contributed by atoms with Crippen molar-refractivity contribution in [2.45, 2.75) is 6.92 Å². The van der Waals surface area contributed by atoms with Crippen LogP contribution in [0.1, 0.15) is 5.82 Å². The fourth-order valence-electron chi connectivity index (χ4n) is 2.06. The van der Waals surface area contributed by atoms with E-state index in [1.807, 2.05) is 37.3 Å². The first-order chi connectivity index (χ1) is 8.25. The Hall–Kier alpha value is -1.61. The predicted octanol–water partition coefficient (Wildman–Crippen LogP) is 4.10. The minimum Gasteiger partial charge on any atom is -0.297 e. The molecule has 0 unspecified atom stereocenters. The molecule has 0 N–H and O–H groups in total. The average molecular weight is 287 g/mol. The van der Waals surface area contributed by atoms with E-state index in [2.05, 4.69) is 43.7 Å². The van der Waals surface area contributed by atoms with Crippen molar-refractivity contribution >= 4 is 27.0 Å². The third kappa shape index (κ3) is 1.76. The average Bonchev–Trinajstić information content (AvgIpc) is 2.66. The molecule has 1 aromatic heterocycles. The van der Waals surface area contributed by atoms with E-state index in [-0.39, 0.29) is 0 Å². The Bertz CT molecular complexity index is 668. The highest BCUT2D eigenvalue weighted by Crippen LogP contribution is 2.22. The lowest BCUT2D eigenvalue weighted by Crippen LogP contribution is -1.96. The summed E-state index contributed by atoms with van der Waals surface area (Å²) in [6.45, 7) is 2.03. The van der Waals surface area contributed by atoms with Crippen molar-refractivity contribution in [3.8, 4) is 5.69 Å². The van der Waals surface area contributed by atoms with Crippen LogP contribution in [0.15, 0.2) is 53.0 Å². The van der Waals surface area contributed by atoms with Crippen molar-refractivity contribution in [2.24, 2.45) is 0 Å². The Morgan fingerprint density at radius 3 is 2.47 bits per heavy atom. The molecule has 1 heterocycles. The molecule has 0 aliphatic carbocycles. The molecule has 0 amide bonds. The number of imidazole rings is 1. The van der Waals surface area contributed by atoms with Crippen molar-refractivity contribution < 1.29 is 0 Å². The molecule has 3 aromatic rings. The standard InChI is InChI=1S/C14H11BrN2/c1-10-16-13-4-2-3-5-14(13)17(10)12-8-6-11(15)7-9-12/h2-9H,1H3. The van der Waals surface area contributed by atoms with Gasteiger partial charge in [0.15, 0.2) is 0 Å². The van der Waals surface area contributed by atoms with Crippen LogP contribution in [0.25, 0.3) is 16.7 Å². The summed E-state index contributed by atoms with van der Waals surface area (Å²) in [6, 6.07) is 16.5. The van der Waals surface area contributed by atoms with Gasteiger partial charge in [-0.25, -0.2) is 4.98 Å². The van der Waals surface area contributed by atoms with E-state index in [1.165, 1.54) is 0 Å². The first kappa shape index (κ1) is 10.5. The number of hydrogen-bond acceptors (Lipinski definition) is 1. The largest absolute Gasteiger partial charge is 0.297 e. The van der Waals surface area contributed by atoms with Gasteiger partial charge >= 0.3 is 0 Å². The molecule has 0 fully saturated rings. The van der Waals surface area contributed by atoms with Crippen LogP contribution in [0.3, 0.4) is 0 Å². The van der Waals surface area contributed by atoms with Crippen LogP contribution in [0, 0.1) is 6.92 Å². The number of aryl methyl sites for hydroxylation is 1. The maximum absolute atomic E-state index is 4.56. The van der Waals surface area contributed by atoms with E-state index in [0.29, 0.717) is 0 Å². The monoisotopic (exact) mass is 286 g/mol. The SMILES string of the molecule is Cc1nc2ccccc2n1-c1ccc(Br)cc1. The number of rotatable bonds is 1. The van der Waals surface area contributed by atoms with Crippen LogP contribution >= 0.6 is 15.9 Å². The summed E-state index contributed by atoms with van der Waals surface area (Å²) in [7, 11) is 0.